The van der Waals surface area contributed by atoms with Crippen LogP contribution in [0.1, 0.15) is 12.5 Å². The van der Waals surface area contributed by atoms with Gasteiger partial charge in [0.15, 0.2) is 9.84 Å². The quantitative estimate of drug-likeness (QED) is 0.262. The van der Waals surface area contributed by atoms with Crippen LogP contribution in [0, 0.1) is 16.0 Å². The van der Waals surface area contributed by atoms with E-state index in [0.29, 0.717) is 5.56 Å². The fourth-order valence-electron chi connectivity index (χ4n) is 3.80. The van der Waals surface area contributed by atoms with Crippen molar-refractivity contribution in [3.8, 4) is 0 Å². The molecule has 2 aromatic rings. The molecule has 0 bridgehead atoms. The number of benzene rings is 1. The van der Waals surface area contributed by atoms with Crippen LogP contribution in [0.4, 0.5) is 5.69 Å². The molecule has 0 saturated carbocycles. The van der Waals surface area contributed by atoms with Crippen molar-refractivity contribution >= 4 is 27.4 Å². The van der Waals surface area contributed by atoms with Crippen molar-refractivity contribution < 1.29 is 27.7 Å². The Kier molecular flexibility index (Phi) is 4.76. The lowest BCUT2D eigenvalue weighted by Gasteiger charge is -2.42. The van der Waals surface area contributed by atoms with Crippen LogP contribution in [0.5, 0.6) is 0 Å². The third-order valence-electron chi connectivity index (χ3n) is 5.39. The highest BCUT2D eigenvalue weighted by atomic mass is 32.2. The normalized spacial score (nSPS) is 26.7. The average Bonchev–Trinajstić information content (AvgIpc) is 3.29. The van der Waals surface area contributed by atoms with Gasteiger partial charge in [0.05, 0.1) is 35.0 Å². The lowest BCUT2D eigenvalue weighted by molar-refractivity contribution is -0.384. The van der Waals surface area contributed by atoms with Gasteiger partial charge in [-0.3, -0.25) is 14.9 Å². The summed E-state index contributed by atoms with van der Waals surface area (Å²) in [5.41, 5.74) is 0.392. The van der Waals surface area contributed by atoms with Crippen molar-refractivity contribution in [1.82, 2.24) is 19.9 Å². The molecule has 30 heavy (non-hydrogen) atoms. The molecule has 13 heteroatoms. The summed E-state index contributed by atoms with van der Waals surface area (Å²) < 4.78 is 30.8. The van der Waals surface area contributed by atoms with Crippen LogP contribution in [-0.2, 0) is 37.3 Å². The Morgan fingerprint density at radius 1 is 1.23 bits per heavy atom. The Hall–Kier alpha value is -3.35. The predicted octanol–water partition coefficient (Wildman–Crippen LogP) is -0.100. The molecule has 0 radical (unpaired) electrons. The second kappa shape index (κ2) is 7.16. The molecule has 3 unspecified atom stereocenters. The maximum atomic E-state index is 12.8. The Morgan fingerprint density at radius 3 is 2.47 bits per heavy atom. The third kappa shape index (κ3) is 3.10. The second-order valence-corrected chi connectivity index (χ2v) is 9.50. The minimum Gasteiger partial charge on any atom is -0.459 e. The molecule has 1 aromatic heterocycles. The highest BCUT2D eigenvalue weighted by Crippen LogP contribution is 2.44. The number of non-ortho nitro benzene ring substituents is 1. The van der Waals surface area contributed by atoms with Crippen molar-refractivity contribution in [2.45, 2.75) is 36.7 Å². The van der Waals surface area contributed by atoms with E-state index in [1.807, 2.05) is 0 Å². The van der Waals surface area contributed by atoms with Gasteiger partial charge in [0.1, 0.15) is 18.0 Å². The molecular weight excluding hydrogens is 418 g/mol. The fourth-order valence-corrected chi connectivity index (χ4v) is 6.05. The summed E-state index contributed by atoms with van der Waals surface area (Å²) in [4.78, 5) is 37.7. The summed E-state index contributed by atoms with van der Waals surface area (Å²) in [5.74, 6) is -2.17. The molecule has 0 spiro atoms. The first-order valence-corrected chi connectivity index (χ1v) is 10.6. The fraction of sp³-hybridized carbons (Fsp3) is 0.412. The molecule has 158 valence electrons. The highest BCUT2D eigenvalue weighted by molar-refractivity contribution is 7.93. The molecule has 1 amide bonds. The number of sulfone groups is 1. The number of hydrogen-bond acceptors (Lipinski definition) is 9. The van der Waals surface area contributed by atoms with E-state index < -0.39 is 49.2 Å². The van der Waals surface area contributed by atoms with E-state index in [1.165, 1.54) is 48.4 Å². The second-order valence-electron chi connectivity index (χ2n) is 7.10. The van der Waals surface area contributed by atoms with E-state index in [1.54, 1.807) is 0 Å². The number of esters is 1. The van der Waals surface area contributed by atoms with E-state index in [-0.39, 0.29) is 18.8 Å². The number of amides is 1. The summed E-state index contributed by atoms with van der Waals surface area (Å²) in [7, 11) is -3.78. The molecule has 0 aliphatic carbocycles. The van der Waals surface area contributed by atoms with Gasteiger partial charge in [-0.1, -0.05) is 0 Å². The summed E-state index contributed by atoms with van der Waals surface area (Å²) in [5, 5.41) is 16.2. The SMILES string of the molecule is CC1C(C(=O)OCc2ccc([N+](=O)[O-])cc2)N2C(=O)C(Cn3nccn3)[C@@H]2S1(=O)=O. The van der Waals surface area contributed by atoms with Crippen LogP contribution in [0.2, 0.25) is 0 Å². The molecular formula is C17H17N5O7S. The molecule has 4 atom stereocenters. The first kappa shape index (κ1) is 19.9. The summed E-state index contributed by atoms with van der Waals surface area (Å²) in [6, 6.07) is 4.17. The molecule has 3 heterocycles. The Labute approximate surface area is 170 Å². The minimum absolute atomic E-state index is 0.00348. The van der Waals surface area contributed by atoms with Gasteiger partial charge >= 0.3 is 5.97 Å². The van der Waals surface area contributed by atoms with Crippen LogP contribution in [0.25, 0.3) is 0 Å². The maximum absolute atomic E-state index is 12.8. The molecule has 0 N–H and O–H groups in total. The molecule has 2 aliphatic heterocycles. The molecule has 4 rings (SSSR count). The number of carbonyl (C=O) groups is 2. The Morgan fingerprint density at radius 2 is 1.87 bits per heavy atom. The van der Waals surface area contributed by atoms with Crippen LogP contribution in [0.3, 0.4) is 0 Å². The van der Waals surface area contributed by atoms with Crippen molar-refractivity contribution in [2.24, 2.45) is 5.92 Å². The van der Waals surface area contributed by atoms with Gasteiger partial charge < -0.3 is 9.64 Å². The van der Waals surface area contributed by atoms with E-state index in [4.69, 9.17) is 4.74 Å². The van der Waals surface area contributed by atoms with Crippen molar-refractivity contribution in [1.29, 1.82) is 0 Å². The molecule has 2 fully saturated rings. The van der Waals surface area contributed by atoms with Gasteiger partial charge in [0.25, 0.3) is 5.69 Å². The number of rotatable bonds is 6. The number of nitro groups is 1. The molecule has 1 aromatic carbocycles. The van der Waals surface area contributed by atoms with Gasteiger partial charge in [-0.2, -0.15) is 15.0 Å². The van der Waals surface area contributed by atoms with E-state index in [0.717, 1.165) is 4.90 Å². The first-order valence-electron chi connectivity index (χ1n) is 9.01. The van der Waals surface area contributed by atoms with Crippen LogP contribution >= 0.6 is 0 Å². The van der Waals surface area contributed by atoms with E-state index >= 15 is 0 Å². The molecule has 12 nitrogen and oxygen atoms in total. The number of aromatic nitrogens is 3. The van der Waals surface area contributed by atoms with Gasteiger partial charge in [-0.25, -0.2) is 13.2 Å². The molecule has 2 aliphatic rings. The number of fused-ring (bicyclic) bond motifs is 1. The molecule has 2 saturated heterocycles. The minimum atomic E-state index is -3.78. The predicted molar refractivity (Wildman–Crippen MR) is 99.2 cm³/mol. The van der Waals surface area contributed by atoms with Gasteiger partial charge in [0, 0.05) is 12.1 Å². The third-order valence-corrected chi connectivity index (χ3v) is 7.91. The number of carbonyl (C=O) groups excluding carboxylic acids is 2. The monoisotopic (exact) mass is 435 g/mol. The topological polar surface area (TPSA) is 155 Å². The summed E-state index contributed by atoms with van der Waals surface area (Å²) in [6.45, 7) is 1.18. The lowest BCUT2D eigenvalue weighted by Crippen LogP contribution is -2.64. The van der Waals surface area contributed by atoms with Crippen LogP contribution < -0.4 is 0 Å². The number of nitrogens with zero attached hydrogens (tertiary/aromatic N) is 5. The van der Waals surface area contributed by atoms with Crippen molar-refractivity contribution in [3.05, 3.63) is 52.3 Å². The zero-order valence-electron chi connectivity index (χ0n) is 15.7. The maximum Gasteiger partial charge on any atom is 0.330 e. The highest BCUT2D eigenvalue weighted by Gasteiger charge is 2.67. The van der Waals surface area contributed by atoms with E-state index in [2.05, 4.69) is 10.2 Å². The zero-order chi connectivity index (χ0) is 21.6. The van der Waals surface area contributed by atoms with Crippen molar-refractivity contribution in [3.63, 3.8) is 0 Å². The number of ether oxygens (including phenoxy) is 1. The zero-order valence-corrected chi connectivity index (χ0v) is 16.5. The summed E-state index contributed by atoms with van der Waals surface area (Å²) >= 11 is 0. The first-order chi connectivity index (χ1) is 14.2. The number of nitro benzene ring substituents is 1. The van der Waals surface area contributed by atoms with Crippen molar-refractivity contribution in [2.75, 3.05) is 0 Å². The smallest absolute Gasteiger partial charge is 0.330 e. The summed E-state index contributed by atoms with van der Waals surface area (Å²) in [6.07, 6.45) is 2.84. The largest absolute Gasteiger partial charge is 0.459 e. The standard InChI is InChI=1S/C17H17N5O7S/c1-10-14(17(24)29-9-11-2-4-12(5-3-11)22(25)26)21-15(23)13(16(21)30(10,27)28)8-20-18-6-7-19-20/h2-7,10,13-14,16H,8-9H2,1H3/t10?,13?,14?,16-/m0/s1. The van der Waals surface area contributed by atoms with Gasteiger partial charge in [-0.05, 0) is 24.6 Å². The number of hydrogen-bond donors (Lipinski definition) is 0. The Bertz CT molecular complexity index is 1100. The lowest BCUT2D eigenvalue weighted by atomic mass is 9.95. The van der Waals surface area contributed by atoms with Crippen LogP contribution in [-0.4, -0.2) is 61.8 Å². The van der Waals surface area contributed by atoms with Gasteiger partial charge in [0.2, 0.25) is 5.91 Å². The van der Waals surface area contributed by atoms with E-state index in [9.17, 15) is 28.1 Å². The van der Waals surface area contributed by atoms with Crippen LogP contribution in [0.15, 0.2) is 36.7 Å². The van der Waals surface area contributed by atoms with Gasteiger partial charge in [-0.15, -0.1) is 0 Å². The Balaban J connectivity index is 1.47. The number of β-lactam (4-membered cyclic amide) rings is 1. The average molecular weight is 435 g/mol.